The van der Waals surface area contributed by atoms with Crippen molar-refractivity contribution in [3.63, 3.8) is 0 Å². The highest BCUT2D eigenvalue weighted by molar-refractivity contribution is 6.34. The summed E-state index contributed by atoms with van der Waals surface area (Å²) >= 11 is 5.82. The van der Waals surface area contributed by atoms with Crippen molar-refractivity contribution in [1.29, 1.82) is 0 Å². The van der Waals surface area contributed by atoms with Crippen molar-refractivity contribution >= 4 is 40.9 Å². The van der Waals surface area contributed by atoms with Crippen LogP contribution in [0, 0.1) is 0 Å². The van der Waals surface area contributed by atoms with Gasteiger partial charge in [0.25, 0.3) is 11.8 Å². The average Bonchev–Trinajstić information content (AvgIpc) is 2.99. The number of carbonyl (C=O) groups is 4. The van der Waals surface area contributed by atoms with Gasteiger partial charge in [0.05, 0.1) is 22.4 Å². The molecule has 4 rings (SSSR count). The number of esters is 1. The Kier molecular flexibility index (Phi) is 4.93. The number of ketones is 1. The molecule has 148 valence electrons. The molecular formula is C23H14ClNO5. The van der Waals surface area contributed by atoms with E-state index in [-0.39, 0.29) is 22.5 Å². The highest BCUT2D eigenvalue weighted by Crippen LogP contribution is 2.29. The highest BCUT2D eigenvalue weighted by Gasteiger charge is 2.37. The zero-order valence-electron chi connectivity index (χ0n) is 15.7. The van der Waals surface area contributed by atoms with Crippen LogP contribution in [0.4, 0.5) is 5.69 Å². The molecular weight excluding hydrogens is 406 g/mol. The molecule has 0 fully saturated rings. The largest absolute Gasteiger partial charge is 0.423 e. The first-order chi connectivity index (χ1) is 14.3. The number of rotatable bonds is 4. The lowest BCUT2D eigenvalue weighted by molar-refractivity contribution is 0.0734. The maximum atomic E-state index is 12.9. The summed E-state index contributed by atoms with van der Waals surface area (Å²) in [6.07, 6.45) is 0. The number of nitrogens with zero attached hydrogens (tertiary/aromatic N) is 1. The van der Waals surface area contributed by atoms with Gasteiger partial charge in [-0.15, -0.1) is 0 Å². The number of amides is 2. The number of benzene rings is 3. The lowest BCUT2D eigenvalue weighted by atomic mass is 10.1. The van der Waals surface area contributed by atoms with E-state index in [9.17, 15) is 19.2 Å². The van der Waals surface area contributed by atoms with E-state index in [1.165, 1.54) is 37.3 Å². The number of Topliss-reactive ketones (excluding diaryl/α,β-unsaturated/α-hetero) is 1. The van der Waals surface area contributed by atoms with Crippen molar-refractivity contribution in [2.75, 3.05) is 4.90 Å². The van der Waals surface area contributed by atoms with E-state index in [1.807, 2.05) is 0 Å². The van der Waals surface area contributed by atoms with Gasteiger partial charge in [-0.2, -0.15) is 0 Å². The smallest absolute Gasteiger partial charge is 0.343 e. The van der Waals surface area contributed by atoms with Crippen LogP contribution in [0.1, 0.15) is 48.4 Å². The predicted octanol–water partition coefficient (Wildman–Crippen LogP) is 4.56. The summed E-state index contributed by atoms with van der Waals surface area (Å²) in [5.74, 6) is -1.52. The highest BCUT2D eigenvalue weighted by atomic mass is 35.5. The van der Waals surface area contributed by atoms with E-state index in [0.29, 0.717) is 22.0 Å². The van der Waals surface area contributed by atoms with Gasteiger partial charge in [-0.3, -0.25) is 14.4 Å². The van der Waals surface area contributed by atoms with Crippen LogP contribution < -0.4 is 9.64 Å². The second-order valence-corrected chi connectivity index (χ2v) is 7.09. The quantitative estimate of drug-likeness (QED) is 0.268. The number of fused-ring (bicyclic) bond motifs is 1. The van der Waals surface area contributed by atoms with Crippen LogP contribution >= 0.6 is 11.6 Å². The summed E-state index contributed by atoms with van der Waals surface area (Å²) in [4.78, 5) is 50.5. The topological polar surface area (TPSA) is 80.8 Å². The van der Waals surface area contributed by atoms with Crippen molar-refractivity contribution in [2.24, 2.45) is 0 Å². The van der Waals surface area contributed by atoms with E-state index in [0.717, 1.165) is 4.90 Å². The Morgan fingerprint density at radius 3 is 2.03 bits per heavy atom. The molecule has 0 aliphatic carbocycles. The molecule has 2 amide bonds. The first-order valence-corrected chi connectivity index (χ1v) is 9.34. The van der Waals surface area contributed by atoms with Crippen molar-refractivity contribution in [1.82, 2.24) is 0 Å². The van der Waals surface area contributed by atoms with Gasteiger partial charge in [0.15, 0.2) is 5.78 Å². The minimum atomic E-state index is -0.662. The fraction of sp³-hybridized carbons (Fsp3) is 0.0435. The van der Waals surface area contributed by atoms with Gasteiger partial charge < -0.3 is 4.74 Å². The number of anilines is 1. The molecule has 30 heavy (non-hydrogen) atoms. The third kappa shape index (κ3) is 3.49. The number of halogens is 1. The standard InChI is InChI=1S/C23H14ClNO5/c1-13(26)14-2-7-17(8-3-14)25-21(27)19-11-4-15(12-20(19)22(25)28)23(29)30-18-9-5-16(24)6-10-18/h2-12H,1H3. The minimum absolute atomic E-state index is 0.112. The summed E-state index contributed by atoms with van der Waals surface area (Å²) in [6, 6.07) is 16.7. The normalized spacial score (nSPS) is 12.7. The molecule has 3 aromatic carbocycles. The van der Waals surface area contributed by atoms with E-state index in [4.69, 9.17) is 16.3 Å². The Labute approximate surface area is 176 Å². The second-order valence-electron chi connectivity index (χ2n) is 6.65. The molecule has 7 heteroatoms. The van der Waals surface area contributed by atoms with Crippen LogP contribution in [-0.2, 0) is 0 Å². The molecule has 0 unspecified atom stereocenters. The molecule has 3 aromatic rings. The van der Waals surface area contributed by atoms with Gasteiger partial charge in [-0.1, -0.05) is 11.6 Å². The average molecular weight is 420 g/mol. The number of carbonyl (C=O) groups excluding carboxylic acids is 4. The van der Waals surface area contributed by atoms with Gasteiger partial charge in [-0.05, 0) is 73.7 Å². The SMILES string of the molecule is CC(=O)c1ccc(N2C(=O)c3ccc(C(=O)Oc4ccc(Cl)cc4)cc3C2=O)cc1. The Morgan fingerprint density at radius 2 is 1.40 bits per heavy atom. The van der Waals surface area contributed by atoms with Crippen LogP contribution in [0.5, 0.6) is 5.75 Å². The number of hydrogen-bond donors (Lipinski definition) is 0. The Bertz CT molecular complexity index is 1200. The maximum absolute atomic E-state index is 12.9. The van der Waals surface area contributed by atoms with Crippen molar-refractivity contribution in [3.8, 4) is 5.75 Å². The molecule has 0 aromatic heterocycles. The lowest BCUT2D eigenvalue weighted by Gasteiger charge is -2.13. The zero-order chi connectivity index (χ0) is 21.4. The molecule has 0 spiro atoms. The van der Waals surface area contributed by atoms with E-state index >= 15 is 0 Å². The molecule has 6 nitrogen and oxygen atoms in total. The molecule has 0 N–H and O–H groups in total. The van der Waals surface area contributed by atoms with E-state index in [2.05, 4.69) is 0 Å². The molecule has 0 radical (unpaired) electrons. The van der Waals surface area contributed by atoms with Crippen LogP contribution in [0.3, 0.4) is 0 Å². The first-order valence-electron chi connectivity index (χ1n) is 8.97. The fourth-order valence-corrected chi connectivity index (χ4v) is 3.24. The fourth-order valence-electron chi connectivity index (χ4n) is 3.12. The van der Waals surface area contributed by atoms with Gasteiger partial charge >= 0.3 is 5.97 Å². The van der Waals surface area contributed by atoms with E-state index in [1.54, 1.807) is 36.4 Å². The van der Waals surface area contributed by atoms with Crippen LogP contribution in [0.15, 0.2) is 66.7 Å². The summed E-state index contributed by atoms with van der Waals surface area (Å²) in [7, 11) is 0. The number of ether oxygens (including phenoxy) is 1. The van der Waals surface area contributed by atoms with Gasteiger partial charge in [0.2, 0.25) is 0 Å². The third-order valence-corrected chi connectivity index (χ3v) is 4.93. The van der Waals surface area contributed by atoms with Crippen molar-refractivity contribution in [2.45, 2.75) is 6.92 Å². The van der Waals surface area contributed by atoms with Gasteiger partial charge in [0.1, 0.15) is 5.75 Å². The first kappa shape index (κ1) is 19.5. The summed E-state index contributed by atoms with van der Waals surface area (Å²) in [5.41, 5.74) is 1.26. The Balaban J connectivity index is 1.60. The van der Waals surface area contributed by atoms with Crippen molar-refractivity contribution < 1.29 is 23.9 Å². The third-order valence-electron chi connectivity index (χ3n) is 4.68. The molecule has 1 aliphatic heterocycles. The molecule has 0 saturated carbocycles. The van der Waals surface area contributed by atoms with Crippen LogP contribution in [0.2, 0.25) is 5.02 Å². The van der Waals surface area contributed by atoms with E-state index < -0.39 is 17.8 Å². The molecule has 1 aliphatic rings. The van der Waals surface area contributed by atoms with Crippen LogP contribution in [0.25, 0.3) is 0 Å². The number of hydrogen-bond acceptors (Lipinski definition) is 5. The molecule has 0 bridgehead atoms. The summed E-state index contributed by atoms with van der Waals surface area (Å²) in [6.45, 7) is 1.43. The predicted molar refractivity (Wildman–Crippen MR) is 110 cm³/mol. The molecule has 0 atom stereocenters. The monoisotopic (exact) mass is 419 g/mol. The Hall–Kier alpha value is -3.77. The second kappa shape index (κ2) is 7.57. The number of imide groups is 1. The zero-order valence-corrected chi connectivity index (χ0v) is 16.5. The molecule has 1 heterocycles. The van der Waals surface area contributed by atoms with Crippen molar-refractivity contribution in [3.05, 3.63) is 94.0 Å². The maximum Gasteiger partial charge on any atom is 0.343 e. The van der Waals surface area contributed by atoms with Gasteiger partial charge in [0, 0.05) is 10.6 Å². The lowest BCUT2D eigenvalue weighted by Crippen LogP contribution is -2.29. The summed E-state index contributed by atoms with van der Waals surface area (Å²) in [5, 5.41) is 0.507. The summed E-state index contributed by atoms with van der Waals surface area (Å²) < 4.78 is 5.29. The Morgan fingerprint density at radius 1 is 0.800 bits per heavy atom. The minimum Gasteiger partial charge on any atom is -0.423 e. The molecule has 0 saturated heterocycles. The van der Waals surface area contributed by atoms with Crippen LogP contribution in [-0.4, -0.2) is 23.6 Å². The van der Waals surface area contributed by atoms with Gasteiger partial charge in [-0.25, -0.2) is 9.69 Å².